The van der Waals surface area contributed by atoms with Crippen LogP contribution in [0.5, 0.6) is 0 Å². The first kappa shape index (κ1) is 8.07. The van der Waals surface area contributed by atoms with Gasteiger partial charge in [0, 0.05) is 18.4 Å². The molecule has 0 amide bonds. The Balaban J connectivity index is 2.89. The van der Waals surface area contributed by atoms with E-state index in [4.69, 9.17) is 6.42 Å². The molecule has 0 bridgehead atoms. The standard InChI is InChI=1S/C10H12O/c1-4-5-9-8(3)7(2)6-10(9)11/h1,7H,5-6H2,2-3H3/t7-/m0/s1. The highest BCUT2D eigenvalue weighted by Crippen LogP contribution is 2.29. The molecular formula is C10H12O. The highest BCUT2D eigenvalue weighted by atomic mass is 16.1. The highest BCUT2D eigenvalue weighted by molar-refractivity contribution is 5.99. The fourth-order valence-corrected chi connectivity index (χ4v) is 1.41. The fraction of sp³-hybridized carbons (Fsp3) is 0.500. The summed E-state index contributed by atoms with van der Waals surface area (Å²) in [6, 6.07) is 0. The van der Waals surface area contributed by atoms with E-state index in [9.17, 15) is 4.79 Å². The number of carbonyl (C=O) groups excluding carboxylic acids is 1. The first-order valence-electron chi connectivity index (χ1n) is 3.83. The summed E-state index contributed by atoms with van der Waals surface area (Å²) in [6.45, 7) is 4.07. The maximum absolute atomic E-state index is 11.2. The van der Waals surface area contributed by atoms with Gasteiger partial charge in [-0.2, -0.15) is 0 Å². The predicted molar refractivity (Wildman–Crippen MR) is 44.9 cm³/mol. The van der Waals surface area contributed by atoms with Crippen LogP contribution in [0, 0.1) is 18.3 Å². The number of hydrogen-bond acceptors (Lipinski definition) is 1. The molecular weight excluding hydrogens is 136 g/mol. The third-order valence-corrected chi connectivity index (χ3v) is 2.32. The summed E-state index contributed by atoms with van der Waals surface area (Å²) in [7, 11) is 0. The SMILES string of the molecule is C#CCC1=C(C)[C@@H](C)CC1=O. The monoisotopic (exact) mass is 148 g/mol. The van der Waals surface area contributed by atoms with Crippen LogP contribution < -0.4 is 0 Å². The number of terminal acetylenes is 1. The van der Waals surface area contributed by atoms with Crippen LogP contribution in [0.3, 0.4) is 0 Å². The second kappa shape index (κ2) is 2.92. The van der Waals surface area contributed by atoms with Gasteiger partial charge in [0.25, 0.3) is 0 Å². The van der Waals surface area contributed by atoms with Gasteiger partial charge in [-0.3, -0.25) is 4.79 Å². The third kappa shape index (κ3) is 1.35. The molecule has 0 N–H and O–H groups in total. The molecule has 0 fully saturated rings. The maximum atomic E-state index is 11.2. The summed E-state index contributed by atoms with van der Waals surface area (Å²) in [5.41, 5.74) is 2.06. The molecule has 0 aliphatic heterocycles. The molecule has 0 unspecified atom stereocenters. The number of Topliss-reactive ketones (excluding diaryl/α,β-unsaturated/α-hetero) is 1. The summed E-state index contributed by atoms with van der Waals surface area (Å²) >= 11 is 0. The summed E-state index contributed by atoms with van der Waals surface area (Å²) in [5, 5.41) is 0. The number of carbonyl (C=O) groups is 1. The van der Waals surface area contributed by atoms with Gasteiger partial charge in [-0.15, -0.1) is 12.3 Å². The van der Waals surface area contributed by atoms with E-state index in [0.717, 1.165) is 5.57 Å². The van der Waals surface area contributed by atoms with Gasteiger partial charge in [0.05, 0.1) is 0 Å². The Labute approximate surface area is 67.5 Å². The van der Waals surface area contributed by atoms with Gasteiger partial charge in [-0.1, -0.05) is 12.5 Å². The molecule has 1 rings (SSSR count). The molecule has 0 saturated heterocycles. The number of ketones is 1. The minimum absolute atomic E-state index is 0.243. The zero-order chi connectivity index (χ0) is 8.43. The van der Waals surface area contributed by atoms with Crippen LogP contribution in [0.1, 0.15) is 26.7 Å². The van der Waals surface area contributed by atoms with Gasteiger partial charge in [0.1, 0.15) is 0 Å². The number of hydrogen-bond donors (Lipinski definition) is 0. The largest absolute Gasteiger partial charge is 0.294 e. The molecule has 1 heteroatoms. The van der Waals surface area contributed by atoms with Crippen LogP contribution in [-0.2, 0) is 4.79 Å². The van der Waals surface area contributed by atoms with Crippen molar-refractivity contribution in [3.05, 3.63) is 11.1 Å². The summed E-state index contributed by atoms with van der Waals surface area (Å²) in [4.78, 5) is 11.2. The zero-order valence-corrected chi connectivity index (χ0v) is 6.98. The molecule has 58 valence electrons. The maximum Gasteiger partial charge on any atom is 0.160 e. The van der Waals surface area contributed by atoms with Gasteiger partial charge in [0.2, 0.25) is 0 Å². The van der Waals surface area contributed by atoms with Crippen molar-refractivity contribution in [1.29, 1.82) is 0 Å². The topological polar surface area (TPSA) is 17.1 Å². The Hall–Kier alpha value is -1.03. The fourth-order valence-electron chi connectivity index (χ4n) is 1.41. The Morgan fingerprint density at radius 1 is 1.73 bits per heavy atom. The van der Waals surface area contributed by atoms with E-state index in [2.05, 4.69) is 12.8 Å². The van der Waals surface area contributed by atoms with Crippen molar-refractivity contribution < 1.29 is 4.79 Å². The van der Waals surface area contributed by atoms with Crippen LogP contribution in [0.15, 0.2) is 11.1 Å². The first-order chi connectivity index (χ1) is 5.16. The van der Waals surface area contributed by atoms with Gasteiger partial charge >= 0.3 is 0 Å². The Kier molecular flexibility index (Phi) is 2.14. The summed E-state index contributed by atoms with van der Waals surface area (Å²) in [6.07, 6.45) is 6.31. The van der Waals surface area contributed by atoms with Crippen molar-refractivity contribution in [2.45, 2.75) is 26.7 Å². The highest BCUT2D eigenvalue weighted by Gasteiger charge is 2.24. The average molecular weight is 148 g/mol. The normalized spacial score (nSPS) is 24.1. The van der Waals surface area contributed by atoms with E-state index in [1.54, 1.807) is 0 Å². The van der Waals surface area contributed by atoms with E-state index in [-0.39, 0.29) is 5.78 Å². The summed E-state index contributed by atoms with van der Waals surface area (Å²) < 4.78 is 0. The Morgan fingerprint density at radius 2 is 2.36 bits per heavy atom. The zero-order valence-electron chi connectivity index (χ0n) is 6.98. The van der Waals surface area contributed by atoms with Crippen molar-refractivity contribution in [2.24, 2.45) is 5.92 Å². The Morgan fingerprint density at radius 3 is 2.73 bits per heavy atom. The lowest BCUT2D eigenvalue weighted by Gasteiger charge is -1.99. The predicted octanol–water partition coefficient (Wildman–Crippen LogP) is 1.94. The average Bonchev–Trinajstić information content (AvgIpc) is 2.17. The van der Waals surface area contributed by atoms with Crippen molar-refractivity contribution in [3.63, 3.8) is 0 Å². The molecule has 1 aliphatic rings. The van der Waals surface area contributed by atoms with Crippen LogP contribution >= 0.6 is 0 Å². The molecule has 1 atom stereocenters. The lowest BCUT2D eigenvalue weighted by Crippen LogP contribution is -1.95. The lowest BCUT2D eigenvalue weighted by molar-refractivity contribution is -0.115. The van der Waals surface area contributed by atoms with Crippen molar-refractivity contribution >= 4 is 5.78 Å². The van der Waals surface area contributed by atoms with Crippen LogP contribution in [-0.4, -0.2) is 5.78 Å². The molecule has 1 nitrogen and oxygen atoms in total. The molecule has 1 aliphatic carbocycles. The number of rotatable bonds is 1. The molecule has 0 spiro atoms. The van der Waals surface area contributed by atoms with Crippen LogP contribution in [0.2, 0.25) is 0 Å². The van der Waals surface area contributed by atoms with E-state index >= 15 is 0 Å². The molecule has 0 aromatic heterocycles. The molecule has 0 aromatic rings. The number of allylic oxidation sites excluding steroid dienone is 2. The van der Waals surface area contributed by atoms with E-state index in [1.165, 1.54) is 5.57 Å². The molecule has 0 radical (unpaired) electrons. The van der Waals surface area contributed by atoms with Gasteiger partial charge in [-0.05, 0) is 12.8 Å². The minimum Gasteiger partial charge on any atom is -0.294 e. The smallest absolute Gasteiger partial charge is 0.160 e. The summed E-state index contributed by atoms with van der Waals surface area (Å²) in [5.74, 6) is 3.16. The molecule has 0 heterocycles. The van der Waals surface area contributed by atoms with Crippen molar-refractivity contribution in [3.8, 4) is 12.3 Å². The van der Waals surface area contributed by atoms with E-state index in [0.29, 0.717) is 18.8 Å². The van der Waals surface area contributed by atoms with E-state index in [1.807, 2.05) is 6.92 Å². The molecule has 0 aromatic carbocycles. The van der Waals surface area contributed by atoms with Crippen molar-refractivity contribution in [2.75, 3.05) is 0 Å². The second-order valence-electron chi connectivity index (χ2n) is 3.07. The van der Waals surface area contributed by atoms with Crippen LogP contribution in [0.25, 0.3) is 0 Å². The minimum atomic E-state index is 0.243. The lowest BCUT2D eigenvalue weighted by atomic mass is 10.0. The van der Waals surface area contributed by atoms with Crippen LogP contribution in [0.4, 0.5) is 0 Å². The molecule has 0 saturated carbocycles. The van der Waals surface area contributed by atoms with E-state index < -0.39 is 0 Å². The van der Waals surface area contributed by atoms with Gasteiger partial charge < -0.3 is 0 Å². The second-order valence-corrected chi connectivity index (χ2v) is 3.07. The Bertz CT molecular complexity index is 253. The molecule has 11 heavy (non-hydrogen) atoms. The van der Waals surface area contributed by atoms with Crippen molar-refractivity contribution in [1.82, 2.24) is 0 Å². The van der Waals surface area contributed by atoms with Gasteiger partial charge in [-0.25, -0.2) is 0 Å². The third-order valence-electron chi connectivity index (χ3n) is 2.32. The van der Waals surface area contributed by atoms with Gasteiger partial charge in [0.15, 0.2) is 5.78 Å². The first-order valence-corrected chi connectivity index (χ1v) is 3.83. The quantitative estimate of drug-likeness (QED) is 0.519.